The van der Waals surface area contributed by atoms with E-state index in [1.54, 1.807) is 0 Å². The minimum absolute atomic E-state index is 0.00858. The number of hydrogen-bond acceptors (Lipinski definition) is 3. The molecular formula is C25H46N2O4. The first-order chi connectivity index (χ1) is 14.9. The van der Waals surface area contributed by atoms with Crippen LogP contribution in [0.15, 0.2) is 11.3 Å². The number of hydrogen-bond donors (Lipinski definition) is 3. The van der Waals surface area contributed by atoms with Gasteiger partial charge >= 0.3 is 5.97 Å². The van der Waals surface area contributed by atoms with Crippen LogP contribution in [0.25, 0.3) is 0 Å². The predicted octanol–water partition coefficient (Wildman–Crippen LogP) is 5.86. The van der Waals surface area contributed by atoms with Crippen molar-refractivity contribution in [2.24, 2.45) is 0 Å². The van der Waals surface area contributed by atoms with Crippen LogP contribution in [0.2, 0.25) is 0 Å². The zero-order valence-electron chi connectivity index (χ0n) is 20.2. The van der Waals surface area contributed by atoms with Crippen LogP contribution in [0, 0.1) is 0 Å². The summed E-state index contributed by atoms with van der Waals surface area (Å²) in [5.74, 6) is -1.69. The van der Waals surface area contributed by atoms with Gasteiger partial charge in [-0.25, -0.2) is 4.79 Å². The van der Waals surface area contributed by atoms with Crippen LogP contribution in [0.3, 0.4) is 0 Å². The molecule has 0 heterocycles. The van der Waals surface area contributed by atoms with Crippen molar-refractivity contribution < 1.29 is 19.5 Å². The zero-order chi connectivity index (χ0) is 23.3. The van der Waals surface area contributed by atoms with E-state index in [-0.39, 0.29) is 30.5 Å². The minimum Gasteiger partial charge on any atom is -0.477 e. The summed E-state index contributed by atoms with van der Waals surface area (Å²) in [6, 6.07) is 0. The second kappa shape index (κ2) is 20.1. The van der Waals surface area contributed by atoms with Gasteiger partial charge < -0.3 is 15.7 Å². The van der Waals surface area contributed by atoms with Crippen molar-refractivity contribution in [1.29, 1.82) is 0 Å². The Kier molecular flexibility index (Phi) is 18.9. The third kappa shape index (κ3) is 17.5. The average Bonchev–Trinajstić information content (AvgIpc) is 2.72. The number of carbonyl (C=O) groups is 3. The molecule has 3 N–H and O–H groups in total. The van der Waals surface area contributed by atoms with Crippen molar-refractivity contribution in [3.63, 3.8) is 0 Å². The van der Waals surface area contributed by atoms with E-state index < -0.39 is 5.97 Å². The van der Waals surface area contributed by atoms with E-state index in [1.165, 1.54) is 77.6 Å². The maximum atomic E-state index is 12.0. The summed E-state index contributed by atoms with van der Waals surface area (Å²) >= 11 is 0. The fourth-order valence-corrected chi connectivity index (χ4v) is 3.68. The van der Waals surface area contributed by atoms with Gasteiger partial charge in [0.2, 0.25) is 11.8 Å². The Balaban J connectivity index is 4.05. The van der Waals surface area contributed by atoms with Crippen molar-refractivity contribution in [3.8, 4) is 0 Å². The molecule has 0 saturated heterocycles. The van der Waals surface area contributed by atoms with Crippen molar-refractivity contribution in [1.82, 2.24) is 10.6 Å². The molecule has 0 aliphatic rings. The number of rotatable bonds is 20. The van der Waals surface area contributed by atoms with E-state index >= 15 is 0 Å². The van der Waals surface area contributed by atoms with Gasteiger partial charge in [-0.1, -0.05) is 90.9 Å². The molecule has 6 heteroatoms. The fraction of sp³-hybridized carbons (Fsp3) is 0.800. The summed E-state index contributed by atoms with van der Waals surface area (Å²) in [6.45, 7) is 5.75. The summed E-state index contributed by atoms with van der Waals surface area (Å²) in [7, 11) is 0. The Labute approximate surface area is 189 Å². The molecule has 0 aliphatic heterocycles. The molecule has 0 atom stereocenters. The Morgan fingerprint density at radius 1 is 0.710 bits per heavy atom. The normalized spacial score (nSPS) is 11.7. The Morgan fingerprint density at radius 2 is 1.19 bits per heavy atom. The van der Waals surface area contributed by atoms with Gasteiger partial charge in [-0.15, -0.1) is 0 Å². The van der Waals surface area contributed by atoms with E-state index in [0.29, 0.717) is 12.8 Å². The molecule has 0 aliphatic carbocycles. The van der Waals surface area contributed by atoms with Gasteiger partial charge in [0.1, 0.15) is 5.70 Å². The number of allylic oxidation sites excluding steroid dienone is 1. The maximum Gasteiger partial charge on any atom is 0.352 e. The van der Waals surface area contributed by atoms with Crippen molar-refractivity contribution in [2.75, 3.05) is 6.54 Å². The van der Waals surface area contributed by atoms with Crippen molar-refractivity contribution >= 4 is 17.8 Å². The summed E-state index contributed by atoms with van der Waals surface area (Å²) in [5, 5.41) is 14.6. The zero-order valence-corrected chi connectivity index (χ0v) is 20.2. The van der Waals surface area contributed by atoms with E-state index in [0.717, 1.165) is 18.4 Å². The Hall–Kier alpha value is -1.85. The lowest BCUT2D eigenvalue weighted by molar-refractivity contribution is -0.134. The van der Waals surface area contributed by atoms with E-state index in [4.69, 9.17) is 0 Å². The maximum absolute atomic E-state index is 12.0. The molecule has 0 spiro atoms. The highest BCUT2D eigenvalue weighted by molar-refractivity contribution is 5.93. The lowest BCUT2D eigenvalue weighted by Gasteiger charge is -2.13. The highest BCUT2D eigenvalue weighted by atomic mass is 16.4. The smallest absolute Gasteiger partial charge is 0.352 e. The van der Waals surface area contributed by atoms with Crippen LogP contribution in [0.5, 0.6) is 0 Å². The molecule has 31 heavy (non-hydrogen) atoms. The summed E-state index contributed by atoms with van der Waals surface area (Å²) in [6.07, 6.45) is 18.0. The predicted molar refractivity (Wildman–Crippen MR) is 127 cm³/mol. The number of carbonyl (C=O) groups excluding carboxylic acids is 2. The van der Waals surface area contributed by atoms with E-state index in [9.17, 15) is 19.5 Å². The minimum atomic E-state index is -1.10. The van der Waals surface area contributed by atoms with E-state index in [2.05, 4.69) is 17.6 Å². The van der Waals surface area contributed by atoms with Gasteiger partial charge in [-0.3, -0.25) is 9.59 Å². The second-order valence-corrected chi connectivity index (χ2v) is 8.41. The molecule has 0 saturated carbocycles. The SMILES string of the molecule is CCCCCCCCCCCCCCCC(CC)=C(NC(=O)CCNC(C)=O)C(=O)O. The molecule has 0 fully saturated rings. The first-order valence-electron chi connectivity index (χ1n) is 12.4. The van der Waals surface area contributed by atoms with Crippen molar-refractivity contribution in [2.45, 2.75) is 124 Å². The first-order valence-corrected chi connectivity index (χ1v) is 12.4. The van der Waals surface area contributed by atoms with Gasteiger partial charge in [0.25, 0.3) is 0 Å². The van der Waals surface area contributed by atoms with Crippen LogP contribution in [-0.2, 0) is 14.4 Å². The van der Waals surface area contributed by atoms with Crippen molar-refractivity contribution in [3.05, 3.63) is 11.3 Å². The molecule has 0 rings (SSSR count). The fourth-order valence-electron chi connectivity index (χ4n) is 3.68. The molecule has 180 valence electrons. The summed E-state index contributed by atoms with van der Waals surface area (Å²) in [4.78, 5) is 34.5. The number of aliphatic carboxylic acids is 1. The average molecular weight is 439 g/mol. The molecule has 0 bridgehead atoms. The highest BCUT2D eigenvalue weighted by Gasteiger charge is 2.16. The molecule has 0 unspecified atom stereocenters. The summed E-state index contributed by atoms with van der Waals surface area (Å²) < 4.78 is 0. The van der Waals surface area contributed by atoms with Gasteiger partial charge in [0, 0.05) is 19.9 Å². The highest BCUT2D eigenvalue weighted by Crippen LogP contribution is 2.18. The number of amides is 2. The monoisotopic (exact) mass is 438 g/mol. The van der Waals surface area contributed by atoms with Crippen LogP contribution in [0.1, 0.15) is 124 Å². The van der Waals surface area contributed by atoms with Crippen LogP contribution in [-0.4, -0.2) is 29.4 Å². The van der Waals surface area contributed by atoms with Crippen LogP contribution >= 0.6 is 0 Å². The van der Waals surface area contributed by atoms with Gasteiger partial charge in [-0.2, -0.15) is 0 Å². The molecule has 2 amide bonds. The first kappa shape index (κ1) is 29.1. The number of carboxylic acid groups (broad SMARTS) is 1. The van der Waals surface area contributed by atoms with Gasteiger partial charge in [0.15, 0.2) is 0 Å². The number of nitrogens with one attached hydrogen (secondary N) is 2. The second-order valence-electron chi connectivity index (χ2n) is 8.41. The quantitative estimate of drug-likeness (QED) is 0.164. The standard InChI is InChI=1S/C25H46N2O4/c1-4-6-7-8-9-10-11-12-13-14-15-16-17-18-22(5-2)24(25(30)31)27-23(29)19-20-26-21(3)28/h4-20H2,1-3H3,(H,26,28)(H,27,29)(H,30,31). The molecule has 0 aromatic heterocycles. The summed E-state index contributed by atoms with van der Waals surface area (Å²) in [5.41, 5.74) is 0.790. The van der Waals surface area contributed by atoms with Crippen LogP contribution in [0.4, 0.5) is 0 Å². The molecule has 0 radical (unpaired) electrons. The lowest BCUT2D eigenvalue weighted by atomic mass is 10.0. The van der Waals surface area contributed by atoms with Gasteiger partial charge in [0.05, 0.1) is 0 Å². The van der Waals surface area contributed by atoms with E-state index in [1.807, 2.05) is 6.92 Å². The Morgan fingerprint density at radius 3 is 1.61 bits per heavy atom. The molecule has 0 aromatic carbocycles. The molecule has 0 aromatic rings. The topological polar surface area (TPSA) is 95.5 Å². The van der Waals surface area contributed by atoms with Gasteiger partial charge in [-0.05, 0) is 24.8 Å². The van der Waals surface area contributed by atoms with Crippen LogP contribution < -0.4 is 10.6 Å². The number of carboxylic acids is 1. The third-order valence-electron chi connectivity index (χ3n) is 5.57. The Bertz CT molecular complexity index is 544. The molecule has 6 nitrogen and oxygen atoms in total. The lowest BCUT2D eigenvalue weighted by Crippen LogP contribution is -2.32. The number of unbranched alkanes of at least 4 members (excludes halogenated alkanes) is 12. The third-order valence-corrected chi connectivity index (χ3v) is 5.57. The molecular weight excluding hydrogens is 392 g/mol. The largest absolute Gasteiger partial charge is 0.477 e.